The smallest absolute Gasteiger partial charge is 0.251 e. The van der Waals surface area contributed by atoms with Crippen LogP contribution in [0.2, 0.25) is 0 Å². The Hall–Kier alpha value is -3.95. The second-order valence-corrected chi connectivity index (χ2v) is 8.88. The fourth-order valence-corrected chi connectivity index (χ4v) is 4.09. The number of nitrogens with one attached hydrogen (secondary N) is 1. The van der Waals surface area contributed by atoms with Crippen LogP contribution >= 0.6 is 0 Å². The number of hydrogen-bond acceptors (Lipinski definition) is 5. The summed E-state index contributed by atoms with van der Waals surface area (Å²) >= 11 is 0. The molecule has 1 fully saturated rings. The molecule has 188 valence electrons. The molecule has 1 amide bonds. The van der Waals surface area contributed by atoms with Crippen molar-refractivity contribution in [2.45, 2.75) is 39.0 Å². The number of nitrogens with zero attached hydrogens (tertiary/aromatic N) is 4. The zero-order valence-corrected chi connectivity index (χ0v) is 19.7. The highest BCUT2D eigenvalue weighted by molar-refractivity contribution is 5.94. The Morgan fingerprint density at radius 1 is 1.08 bits per heavy atom. The maximum absolute atomic E-state index is 13.1. The summed E-state index contributed by atoms with van der Waals surface area (Å²) in [6, 6.07) is 7.12. The average molecular weight is 498 g/mol. The highest BCUT2D eigenvalue weighted by atomic mass is 19.2. The molecule has 7 nitrogen and oxygen atoms in total. The number of hydrogen-bond donors (Lipinski definition) is 2. The lowest BCUT2D eigenvalue weighted by atomic mass is 9.89. The fourth-order valence-electron chi connectivity index (χ4n) is 4.09. The zero-order valence-electron chi connectivity index (χ0n) is 19.7. The summed E-state index contributed by atoms with van der Waals surface area (Å²) in [5.41, 5.74) is 2.32. The third-order valence-electron chi connectivity index (χ3n) is 6.07. The van der Waals surface area contributed by atoms with Gasteiger partial charge in [-0.1, -0.05) is 35.9 Å². The van der Waals surface area contributed by atoms with Crippen LogP contribution in [-0.4, -0.2) is 37.5 Å². The van der Waals surface area contributed by atoms with Crippen LogP contribution in [0.3, 0.4) is 0 Å². The quantitative estimate of drug-likeness (QED) is 0.388. The molecule has 1 aliphatic rings. The van der Waals surface area contributed by atoms with Crippen LogP contribution in [-0.2, 0) is 0 Å². The van der Waals surface area contributed by atoms with Crippen LogP contribution in [0.5, 0.6) is 5.75 Å². The maximum Gasteiger partial charge on any atom is 0.251 e. The van der Waals surface area contributed by atoms with E-state index in [-0.39, 0.29) is 5.56 Å². The molecular formula is C26H26F3N5O2. The molecule has 0 saturated heterocycles. The number of rotatable bonds is 4. The van der Waals surface area contributed by atoms with E-state index in [1.165, 1.54) is 25.5 Å². The van der Waals surface area contributed by atoms with Crippen molar-refractivity contribution in [3.8, 4) is 17.1 Å². The van der Waals surface area contributed by atoms with Crippen LogP contribution in [0.15, 0.2) is 48.9 Å². The summed E-state index contributed by atoms with van der Waals surface area (Å²) in [7, 11) is 0. The van der Waals surface area contributed by atoms with Crippen molar-refractivity contribution in [2.24, 2.45) is 5.92 Å². The molecule has 0 atom stereocenters. The number of aromatic nitrogens is 4. The number of phenolic OH excluding ortho intramolecular Hbond substituents is 1. The first-order chi connectivity index (χ1) is 17.3. The lowest BCUT2D eigenvalue weighted by Gasteiger charge is -2.21. The molecule has 2 heterocycles. The second-order valence-electron chi connectivity index (χ2n) is 8.88. The minimum absolute atomic E-state index is 0.108. The lowest BCUT2D eigenvalue weighted by molar-refractivity contribution is 0.0942. The number of fused-ring (bicyclic) bond motifs is 1. The molecule has 36 heavy (non-hydrogen) atoms. The topological polar surface area (TPSA) is 92.9 Å². The highest BCUT2D eigenvalue weighted by Crippen LogP contribution is 2.24. The second kappa shape index (κ2) is 11.2. The van der Waals surface area contributed by atoms with E-state index in [0.717, 1.165) is 41.5 Å². The molecule has 10 heteroatoms. The molecule has 5 rings (SSSR count). The predicted molar refractivity (Wildman–Crippen MR) is 129 cm³/mol. The number of phenols is 1. The Balaban J connectivity index is 0.000000170. The van der Waals surface area contributed by atoms with Gasteiger partial charge in [0, 0.05) is 35.5 Å². The van der Waals surface area contributed by atoms with Gasteiger partial charge in [0.1, 0.15) is 0 Å². The SMILES string of the molecule is Cc1cnc(-c2ccc3cn(F)nc3c2)nc1.O=C(NCC1CCCCC1)c1cc(F)c(O)c(F)c1. The van der Waals surface area contributed by atoms with E-state index >= 15 is 0 Å². The molecule has 1 saturated carbocycles. The molecule has 0 radical (unpaired) electrons. The number of aryl methyl sites for hydroxylation is 1. The van der Waals surface area contributed by atoms with Crippen molar-refractivity contribution in [2.75, 3.05) is 6.54 Å². The van der Waals surface area contributed by atoms with Crippen LogP contribution in [0.25, 0.3) is 22.3 Å². The molecule has 0 aliphatic heterocycles. The third kappa shape index (κ3) is 6.18. The summed E-state index contributed by atoms with van der Waals surface area (Å²) in [4.78, 5) is 20.5. The van der Waals surface area contributed by atoms with E-state index in [9.17, 15) is 18.1 Å². The van der Waals surface area contributed by atoms with Gasteiger partial charge in [0.2, 0.25) is 0 Å². The number of benzene rings is 2. The van der Waals surface area contributed by atoms with Gasteiger partial charge in [0.25, 0.3) is 5.91 Å². The molecular weight excluding hydrogens is 471 g/mol. The number of carbonyl (C=O) groups excluding carboxylic acids is 1. The first kappa shape index (κ1) is 25.2. The summed E-state index contributed by atoms with van der Waals surface area (Å²) in [6.07, 6.45) is 10.6. The molecule has 2 aromatic carbocycles. The van der Waals surface area contributed by atoms with Gasteiger partial charge in [0.05, 0.1) is 11.7 Å². The van der Waals surface area contributed by atoms with Gasteiger partial charge in [-0.15, -0.1) is 10.0 Å². The van der Waals surface area contributed by atoms with E-state index in [4.69, 9.17) is 5.11 Å². The minimum atomic E-state index is -1.12. The largest absolute Gasteiger partial charge is 0.503 e. The van der Waals surface area contributed by atoms with Crippen molar-refractivity contribution in [3.63, 3.8) is 0 Å². The summed E-state index contributed by atoms with van der Waals surface area (Å²) in [5, 5.41) is 16.1. The van der Waals surface area contributed by atoms with Crippen LogP contribution in [0.4, 0.5) is 13.3 Å². The molecule has 0 spiro atoms. The van der Waals surface area contributed by atoms with Gasteiger partial charge in [0.15, 0.2) is 23.2 Å². The Bertz CT molecular complexity index is 1330. The fraction of sp³-hybridized carbons (Fsp3) is 0.308. The van der Waals surface area contributed by atoms with Crippen molar-refractivity contribution < 1.29 is 23.2 Å². The number of halogens is 3. The monoisotopic (exact) mass is 497 g/mol. The summed E-state index contributed by atoms with van der Waals surface area (Å²) in [6.45, 7) is 2.46. The highest BCUT2D eigenvalue weighted by Gasteiger charge is 2.17. The third-order valence-corrected chi connectivity index (χ3v) is 6.07. The summed E-state index contributed by atoms with van der Waals surface area (Å²) in [5.74, 6) is -2.74. The molecule has 4 aromatic rings. The van der Waals surface area contributed by atoms with E-state index in [2.05, 4.69) is 20.4 Å². The standard InChI is InChI=1S/C14H17F2NO2.C12H9FN4/c15-11-6-10(7-12(16)13(11)18)14(19)17-8-9-4-2-1-3-5-9;1-8-5-14-12(15-6-8)9-2-3-10-7-17(13)16-11(10)4-9/h6-7,9,18H,1-5,8H2,(H,17,19);2-7H,1H3. The predicted octanol–water partition coefficient (Wildman–Crippen LogP) is 5.51. The van der Waals surface area contributed by atoms with Gasteiger partial charge in [-0.2, -0.15) is 0 Å². The average Bonchev–Trinajstić information content (AvgIpc) is 3.26. The number of amides is 1. The minimum Gasteiger partial charge on any atom is -0.503 e. The first-order valence-corrected chi connectivity index (χ1v) is 11.7. The van der Waals surface area contributed by atoms with Crippen LogP contribution in [0.1, 0.15) is 48.0 Å². The van der Waals surface area contributed by atoms with Crippen molar-refractivity contribution >= 4 is 16.8 Å². The van der Waals surface area contributed by atoms with Gasteiger partial charge in [-0.05, 0) is 49.4 Å². The van der Waals surface area contributed by atoms with Gasteiger partial charge >= 0.3 is 0 Å². The molecule has 0 bridgehead atoms. The Morgan fingerprint density at radius 3 is 2.42 bits per heavy atom. The zero-order chi connectivity index (χ0) is 25.7. The Labute approximate surface area is 205 Å². The Kier molecular flexibility index (Phi) is 7.82. The van der Waals surface area contributed by atoms with Crippen molar-refractivity contribution in [1.29, 1.82) is 0 Å². The van der Waals surface area contributed by atoms with Gasteiger partial charge < -0.3 is 10.4 Å². The van der Waals surface area contributed by atoms with Crippen LogP contribution < -0.4 is 5.32 Å². The van der Waals surface area contributed by atoms with Gasteiger partial charge in [-0.25, -0.2) is 18.7 Å². The van der Waals surface area contributed by atoms with Gasteiger partial charge in [-0.3, -0.25) is 4.79 Å². The molecule has 0 unspecified atom stereocenters. The molecule has 1 aliphatic carbocycles. The van der Waals surface area contributed by atoms with Crippen molar-refractivity contribution in [1.82, 2.24) is 25.3 Å². The van der Waals surface area contributed by atoms with Crippen LogP contribution in [0, 0.1) is 24.5 Å². The normalized spacial score (nSPS) is 13.8. The number of aromatic hydroxyl groups is 1. The molecule has 2 N–H and O–H groups in total. The van der Waals surface area contributed by atoms with E-state index in [1.54, 1.807) is 24.5 Å². The van der Waals surface area contributed by atoms with Crippen molar-refractivity contribution in [3.05, 3.63) is 71.7 Å². The molecule has 2 aromatic heterocycles. The first-order valence-electron chi connectivity index (χ1n) is 11.7. The Morgan fingerprint density at radius 2 is 1.75 bits per heavy atom. The maximum atomic E-state index is 13.1. The number of carbonyl (C=O) groups is 1. The van der Waals surface area contributed by atoms with E-state index < -0.39 is 23.3 Å². The van der Waals surface area contributed by atoms with E-state index in [0.29, 0.717) is 28.7 Å². The lowest BCUT2D eigenvalue weighted by Crippen LogP contribution is -2.30. The summed E-state index contributed by atoms with van der Waals surface area (Å²) < 4.78 is 39.1. The van der Waals surface area contributed by atoms with E-state index in [1.807, 2.05) is 13.0 Å².